The molecular weight excluding hydrogens is 232 g/mol. The molecule has 0 spiro atoms. The largest absolute Gasteiger partial charge is 0.507 e. The van der Waals surface area contributed by atoms with Gasteiger partial charge in [-0.1, -0.05) is 18.2 Å². The summed E-state index contributed by atoms with van der Waals surface area (Å²) in [6.07, 6.45) is 0. The highest BCUT2D eigenvalue weighted by Crippen LogP contribution is 2.31. The third kappa shape index (κ3) is 2.48. The molecule has 0 saturated heterocycles. The highest BCUT2D eigenvalue weighted by Gasteiger charge is 2.10. The van der Waals surface area contributed by atoms with E-state index in [1.54, 1.807) is 36.4 Å². The molecule has 0 aliphatic carbocycles. The van der Waals surface area contributed by atoms with E-state index >= 15 is 0 Å². The Morgan fingerprint density at radius 1 is 0.889 bits per heavy atom. The van der Waals surface area contributed by atoms with E-state index in [1.165, 1.54) is 13.2 Å². The monoisotopic (exact) mass is 246 g/mol. The summed E-state index contributed by atoms with van der Waals surface area (Å²) in [5.74, 6) is 1.07. The van der Waals surface area contributed by atoms with Crippen LogP contribution in [0.25, 0.3) is 0 Å². The second-order valence-electron chi connectivity index (χ2n) is 3.71. The lowest BCUT2D eigenvalue weighted by molar-refractivity contribution is 0.275. The first-order chi connectivity index (χ1) is 8.72. The number of hydrogen-bond acceptors (Lipinski definition) is 4. The maximum atomic E-state index is 9.75. The summed E-state index contributed by atoms with van der Waals surface area (Å²) >= 11 is 0. The number of benzene rings is 2. The van der Waals surface area contributed by atoms with Gasteiger partial charge in [-0.25, -0.2) is 0 Å². The maximum absolute atomic E-state index is 9.75. The summed E-state index contributed by atoms with van der Waals surface area (Å²) in [6.45, 7) is 0.118. The van der Waals surface area contributed by atoms with E-state index in [4.69, 9.17) is 9.47 Å². The predicted octanol–water partition coefficient (Wildman–Crippen LogP) is 2.69. The fourth-order valence-electron chi connectivity index (χ4n) is 1.62. The minimum atomic E-state index is 0.0619. The Kier molecular flexibility index (Phi) is 3.57. The van der Waals surface area contributed by atoms with Crippen molar-refractivity contribution in [2.45, 2.75) is 6.61 Å². The minimum Gasteiger partial charge on any atom is -0.507 e. The summed E-state index contributed by atoms with van der Waals surface area (Å²) in [5.41, 5.74) is 0.545. The van der Waals surface area contributed by atoms with E-state index in [0.717, 1.165) is 0 Å². The zero-order valence-electron chi connectivity index (χ0n) is 9.96. The van der Waals surface area contributed by atoms with Gasteiger partial charge in [0.25, 0.3) is 0 Å². The molecule has 4 heteroatoms. The van der Waals surface area contributed by atoms with Gasteiger partial charge < -0.3 is 19.7 Å². The zero-order valence-corrected chi connectivity index (χ0v) is 9.96. The average Bonchev–Trinajstić information content (AvgIpc) is 2.39. The number of para-hydroxylation sites is 2. The molecule has 2 aromatic carbocycles. The van der Waals surface area contributed by atoms with E-state index in [2.05, 4.69) is 0 Å². The Labute approximate surface area is 105 Å². The van der Waals surface area contributed by atoms with Crippen LogP contribution in [0.5, 0.6) is 23.0 Å². The Hall–Kier alpha value is -2.36. The highest BCUT2D eigenvalue weighted by atomic mass is 16.5. The molecule has 0 fully saturated rings. The first kappa shape index (κ1) is 12.1. The van der Waals surface area contributed by atoms with Crippen LogP contribution in [-0.2, 0) is 6.61 Å². The number of phenols is 2. The van der Waals surface area contributed by atoms with E-state index in [-0.39, 0.29) is 18.1 Å². The van der Waals surface area contributed by atoms with Gasteiger partial charge in [0.05, 0.1) is 12.7 Å². The summed E-state index contributed by atoms with van der Waals surface area (Å²) in [5, 5.41) is 19.3. The highest BCUT2D eigenvalue weighted by molar-refractivity contribution is 5.44. The van der Waals surface area contributed by atoms with Crippen LogP contribution in [0.15, 0.2) is 42.5 Å². The van der Waals surface area contributed by atoms with Crippen molar-refractivity contribution in [2.24, 2.45) is 0 Å². The normalized spacial score (nSPS) is 10.1. The molecule has 0 unspecified atom stereocenters. The van der Waals surface area contributed by atoms with E-state index in [9.17, 15) is 10.2 Å². The quantitative estimate of drug-likeness (QED) is 0.870. The minimum absolute atomic E-state index is 0.0619. The van der Waals surface area contributed by atoms with Gasteiger partial charge in [-0.15, -0.1) is 0 Å². The molecule has 0 bridgehead atoms. The van der Waals surface area contributed by atoms with Gasteiger partial charge in [0.2, 0.25) is 0 Å². The standard InChI is InChI=1S/C14H14O4/c1-17-13-8-4-6-11(15)10(13)9-18-14-7-3-2-5-12(14)16/h2-8,15-16H,9H2,1H3. The SMILES string of the molecule is COc1cccc(O)c1COc1ccccc1O. The lowest BCUT2D eigenvalue weighted by atomic mass is 10.2. The molecule has 94 valence electrons. The summed E-state index contributed by atoms with van der Waals surface area (Å²) < 4.78 is 10.6. The number of phenolic OH excluding ortho intramolecular Hbond substituents is 2. The molecule has 4 nitrogen and oxygen atoms in total. The second-order valence-corrected chi connectivity index (χ2v) is 3.71. The van der Waals surface area contributed by atoms with E-state index < -0.39 is 0 Å². The van der Waals surface area contributed by atoms with Crippen LogP contribution in [0, 0.1) is 0 Å². The second kappa shape index (κ2) is 5.31. The summed E-state index contributed by atoms with van der Waals surface area (Å²) in [4.78, 5) is 0. The number of aromatic hydroxyl groups is 2. The Morgan fingerprint density at radius 2 is 1.56 bits per heavy atom. The smallest absolute Gasteiger partial charge is 0.161 e. The van der Waals surface area contributed by atoms with Crippen LogP contribution in [0.1, 0.15) is 5.56 Å². The number of ether oxygens (including phenoxy) is 2. The third-order valence-electron chi connectivity index (χ3n) is 2.57. The molecule has 2 rings (SSSR count). The lowest BCUT2D eigenvalue weighted by Crippen LogP contribution is -1.99. The molecule has 18 heavy (non-hydrogen) atoms. The van der Waals surface area contributed by atoms with Gasteiger partial charge >= 0.3 is 0 Å². The van der Waals surface area contributed by atoms with Crippen molar-refractivity contribution >= 4 is 0 Å². The average molecular weight is 246 g/mol. The maximum Gasteiger partial charge on any atom is 0.161 e. The van der Waals surface area contributed by atoms with Crippen molar-refractivity contribution in [3.63, 3.8) is 0 Å². The predicted molar refractivity (Wildman–Crippen MR) is 67.1 cm³/mol. The van der Waals surface area contributed by atoms with Crippen molar-refractivity contribution < 1.29 is 19.7 Å². The van der Waals surface area contributed by atoms with Crippen LogP contribution in [0.3, 0.4) is 0 Å². The van der Waals surface area contributed by atoms with Crippen molar-refractivity contribution in [3.8, 4) is 23.0 Å². The Balaban J connectivity index is 2.18. The molecule has 0 heterocycles. The first-order valence-corrected chi connectivity index (χ1v) is 5.48. The lowest BCUT2D eigenvalue weighted by Gasteiger charge is -2.12. The number of hydrogen-bond donors (Lipinski definition) is 2. The van der Waals surface area contributed by atoms with Crippen LogP contribution in [-0.4, -0.2) is 17.3 Å². The molecule has 2 N–H and O–H groups in total. The van der Waals surface area contributed by atoms with Crippen molar-refractivity contribution in [2.75, 3.05) is 7.11 Å². The van der Waals surface area contributed by atoms with Gasteiger partial charge in [-0.2, -0.15) is 0 Å². The van der Waals surface area contributed by atoms with Gasteiger partial charge in [-0.3, -0.25) is 0 Å². The molecule has 0 atom stereocenters. The van der Waals surface area contributed by atoms with Gasteiger partial charge in [-0.05, 0) is 24.3 Å². The van der Waals surface area contributed by atoms with Crippen LogP contribution < -0.4 is 9.47 Å². The van der Waals surface area contributed by atoms with E-state index in [0.29, 0.717) is 17.1 Å². The Bertz CT molecular complexity index is 537. The molecule has 0 aliphatic heterocycles. The third-order valence-corrected chi connectivity index (χ3v) is 2.57. The molecule has 0 radical (unpaired) electrons. The molecule has 0 aromatic heterocycles. The van der Waals surface area contributed by atoms with E-state index in [1.807, 2.05) is 0 Å². The topological polar surface area (TPSA) is 58.9 Å². The van der Waals surface area contributed by atoms with Gasteiger partial charge in [0, 0.05) is 0 Å². The van der Waals surface area contributed by atoms with Crippen LogP contribution in [0.4, 0.5) is 0 Å². The van der Waals surface area contributed by atoms with Gasteiger partial charge in [0.1, 0.15) is 18.1 Å². The molecule has 2 aromatic rings. The van der Waals surface area contributed by atoms with Crippen molar-refractivity contribution in [1.29, 1.82) is 0 Å². The Morgan fingerprint density at radius 3 is 2.28 bits per heavy atom. The number of rotatable bonds is 4. The molecular formula is C14H14O4. The zero-order chi connectivity index (χ0) is 13.0. The van der Waals surface area contributed by atoms with Gasteiger partial charge in [0.15, 0.2) is 11.5 Å². The number of methoxy groups -OCH3 is 1. The van der Waals surface area contributed by atoms with Crippen LogP contribution >= 0.6 is 0 Å². The fraction of sp³-hybridized carbons (Fsp3) is 0.143. The summed E-state index contributed by atoms with van der Waals surface area (Å²) in [6, 6.07) is 11.7. The molecule has 0 amide bonds. The first-order valence-electron chi connectivity index (χ1n) is 5.48. The fourth-order valence-corrected chi connectivity index (χ4v) is 1.62. The van der Waals surface area contributed by atoms with Crippen LogP contribution in [0.2, 0.25) is 0 Å². The van der Waals surface area contributed by atoms with Crippen molar-refractivity contribution in [3.05, 3.63) is 48.0 Å². The van der Waals surface area contributed by atoms with Crippen molar-refractivity contribution in [1.82, 2.24) is 0 Å². The molecule has 0 aliphatic rings. The summed E-state index contributed by atoms with van der Waals surface area (Å²) in [7, 11) is 1.53. The molecule has 0 saturated carbocycles.